The van der Waals surface area contributed by atoms with Crippen LogP contribution in [0.2, 0.25) is 0 Å². The Labute approximate surface area is 163 Å². The first kappa shape index (κ1) is 20.1. The van der Waals surface area contributed by atoms with E-state index in [4.69, 9.17) is 14.2 Å². The summed E-state index contributed by atoms with van der Waals surface area (Å²) in [6.07, 6.45) is 0. The molecule has 0 aliphatic heterocycles. The normalized spacial score (nSPS) is 10.3. The van der Waals surface area contributed by atoms with Gasteiger partial charge in [-0.2, -0.15) is 0 Å². The highest BCUT2D eigenvalue weighted by atomic mass is 79.9. The van der Waals surface area contributed by atoms with E-state index in [0.717, 1.165) is 10.4 Å². The van der Waals surface area contributed by atoms with Gasteiger partial charge in [-0.15, -0.1) is 11.3 Å². The lowest BCUT2D eigenvalue weighted by atomic mass is 10.1. The van der Waals surface area contributed by atoms with Crippen LogP contribution in [0.15, 0.2) is 28.7 Å². The second kappa shape index (κ2) is 8.95. The molecule has 1 aromatic carbocycles. The van der Waals surface area contributed by atoms with E-state index in [9.17, 15) is 14.4 Å². The van der Waals surface area contributed by atoms with Crippen LogP contribution in [0.5, 0.6) is 5.75 Å². The van der Waals surface area contributed by atoms with Gasteiger partial charge < -0.3 is 14.2 Å². The molecule has 6 nitrogen and oxygen atoms in total. The average Bonchev–Trinajstić information content (AvgIpc) is 2.96. The minimum atomic E-state index is -0.568. The number of hydrogen-bond acceptors (Lipinski definition) is 7. The molecule has 0 saturated heterocycles. The molecule has 0 bridgehead atoms. The molecule has 0 aliphatic rings. The number of hydrogen-bond donors (Lipinski definition) is 0. The Kier molecular flexibility index (Phi) is 6.93. The van der Waals surface area contributed by atoms with Crippen molar-refractivity contribution in [1.29, 1.82) is 0 Å². The molecular weight excluding hydrogens is 424 g/mol. The Morgan fingerprint density at radius 3 is 2.35 bits per heavy atom. The van der Waals surface area contributed by atoms with Gasteiger partial charge in [0.25, 0.3) is 0 Å². The minimum Gasteiger partial charge on any atom is -0.479 e. The van der Waals surface area contributed by atoms with Gasteiger partial charge in [0, 0.05) is 5.56 Å². The molecule has 1 heterocycles. The standard InChI is InChI=1S/C18H17BrO6S/c1-4-24-13(21)9-25-15-14(19)16(26-17(15)18(22)23-3)12-7-5-11(6-8-12)10(2)20/h5-8H,4,9H2,1-3H3. The lowest BCUT2D eigenvalue weighted by Crippen LogP contribution is -2.15. The Bertz CT molecular complexity index is 825. The van der Waals surface area contributed by atoms with E-state index >= 15 is 0 Å². The highest BCUT2D eigenvalue weighted by Crippen LogP contribution is 2.45. The van der Waals surface area contributed by atoms with Crippen LogP contribution >= 0.6 is 27.3 Å². The third-order valence-corrected chi connectivity index (χ3v) is 5.59. The molecule has 0 amide bonds. The zero-order valence-corrected chi connectivity index (χ0v) is 16.9. The number of ketones is 1. The lowest BCUT2D eigenvalue weighted by molar-refractivity contribution is -0.145. The van der Waals surface area contributed by atoms with Crippen LogP contribution in [0.25, 0.3) is 10.4 Å². The molecule has 0 atom stereocenters. The van der Waals surface area contributed by atoms with Crippen LogP contribution in [0.3, 0.4) is 0 Å². The fourth-order valence-electron chi connectivity index (χ4n) is 2.13. The number of rotatable bonds is 7. The third-order valence-electron chi connectivity index (χ3n) is 3.37. The predicted octanol–water partition coefficient (Wildman–Crippen LogP) is 4.11. The quantitative estimate of drug-likeness (QED) is 0.476. The number of halogens is 1. The SMILES string of the molecule is CCOC(=O)COc1c(C(=O)OC)sc(-c2ccc(C(C)=O)cc2)c1Br. The number of benzene rings is 1. The summed E-state index contributed by atoms with van der Waals surface area (Å²) in [5.41, 5.74) is 1.39. The Hall–Kier alpha value is -2.19. The summed E-state index contributed by atoms with van der Waals surface area (Å²) in [5.74, 6) is -0.911. The van der Waals surface area contributed by atoms with Gasteiger partial charge in [-0.1, -0.05) is 24.3 Å². The monoisotopic (exact) mass is 440 g/mol. The zero-order valence-electron chi connectivity index (χ0n) is 14.5. The summed E-state index contributed by atoms with van der Waals surface area (Å²) in [6.45, 7) is 3.11. The maximum Gasteiger partial charge on any atom is 0.351 e. The summed E-state index contributed by atoms with van der Waals surface area (Å²) in [4.78, 5) is 36.0. The molecule has 0 unspecified atom stereocenters. The van der Waals surface area contributed by atoms with Crippen molar-refractivity contribution in [3.8, 4) is 16.2 Å². The van der Waals surface area contributed by atoms with Gasteiger partial charge in [0.1, 0.15) is 0 Å². The van der Waals surface area contributed by atoms with E-state index in [0.29, 0.717) is 10.0 Å². The van der Waals surface area contributed by atoms with Gasteiger partial charge in [-0.05, 0) is 35.3 Å². The summed E-state index contributed by atoms with van der Waals surface area (Å²) in [6, 6.07) is 6.98. The van der Waals surface area contributed by atoms with Crippen LogP contribution in [0, 0.1) is 0 Å². The summed E-state index contributed by atoms with van der Waals surface area (Å²) in [7, 11) is 1.27. The van der Waals surface area contributed by atoms with E-state index in [1.54, 1.807) is 31.2 Å². The molecular formula is C18H17BrO6S. The number of methoxy groups -OCH3 is 1. The van der Waals surface area contributed by atoms with Crippen molar-refractivity contribution in [3.63, 3.8) is 0 Å². The van der Waals surface area contributed by atoms with Crippen LogP contribution in [0.4, 0.5) is 0 Å². The lowest BCUT2D eigenvalue weighted by Gasteiger charge is -2.07. The Balaban J connectivity index is 2.39. The number of ether oxygens (including phenoxy) is 3. The maximum absolute atomic E-state index is 12.1. The zero-order chi connectivity index (χ0) is 19.3. The van der Waals surface area contributed by atoms with Crippen molar-refractivity contribution >= 4 is 45.0 Å². The number of thiophene rings is 1. The van der Waals surface area contributed by atoms with Crippen LogP contribution in [-0.2, 0) is 14.3 Å². The van der Waals surface area contributed by atoms with Crippen molar-refractivity contribution in [2.45, 2.75) is 13.8 Å². The first-order chi connectivity index (χ1) is 12.4. The summed E-state index contributed by atoms with van der Waals surface area (Å²) >= 11 is 4.60. The third kappa shape index (κ3) is 4.50. The average molecular weight is 441 g/mol. The first-order valence-electron chi connectivity index (χ1n) is 7.69. The van der Waals surface area contributed by atoms with E-state index in [1.807, 2.05) is 0 Å². The van der Waals surface area contributed by atoms with Gasteiger partial charge in [-0.3, -0.25) is 4.79 Å². The molecule has 2 rings (SSSR count). The molecule has 138 valence electrons. The van der Waals surface area contributed by atoms with Gasteiger partial charge in [0.2, 0.25) is 0 Å². The maximum atomic E-state index is 12.1. The van der Waals surface area contributed by atoms with Gasteiger partial charge in [-0.25, -0.2) is 9.59 Å². The molecule has 0 aliphatic carbocycles. The molecule has 1 aromatic heterocycles. The number of esters is 2. The Morgan fingerprint density at radius 2 is 1.81 bits per heavy atom. The number of carbonyl (C=O) groups is 3. The van der Waals surface area contributed by atoms with Crippen LogP contribution in [-0.4, -0.2) is 38.0 Å². The number of Topliss-reactive ketones (excluding diaryl/α,β-unsaturated/α-hetero) is 1. The molecule has 0 fully saturated rings. The summed E-state index contributed by atoms with van der Waals surface area (Å²) in [5, 5.41) is 0. The largest absolute Gasteiger partial charge is 0.479 e. The molecule has 0 saturated carbocycles. The smallest absolute Gasteiger partial charge is 0.351 e. The number of carbonyl (C=O) groups excluding carboxylic acids is 3. The predicted molar refractivity (Wildman–Crippen MR) is 101 cm³/mol. The van der Waals surface area contributed by atoms with Gasteiger partial charge in [0.15, 0.2) is 23.0 Å². The molecule has 8 heteroatoms. The van der Waals surface area contributed by atoms with Crippen molar-refractivity contribution in [3.05, 3.63) is 39.2 Å². The van der Waals surface area contributed by atoms with Crippen LogP contribution in [0.1, 0.15) is 33.9 Å². The van der Waals surface area contributed by atoms with E-state index in [1.165, 1.54) is 25.4 Å². The fourth-order valence-corrected chi connectivity index (χ4v) is 4.10. The second-order valence-electron chi connectivity index (χ2n) is 5.12. The van der Waals surface area contributed by atoms with Crippen molar-refractivity contribution in [2.24, 2.45) is 0 Å². The topological polar surface area (TPSA) is 78.9 Å². The molecule has 2 aromatic rings. The van der Waals surface area contributed by atoms with Crippen molar-refractivity contribution < 1.29 is 28.6 Å². The molecule has 0 radical (unpaired) electrons. The van der Waals surface area contributed by atoms with Gasteiger partial charge >= 0.3 is 11.9 Å². The van der Waals surface area contributed by atoms with Gasteiger partial charge in [0.05, 0.1) is 23.1 Å². The molecule has 26 heavy (non-hydrogen) atoms. The van der Waals surface area contributed by atoms with Crippen molar-refractivity contribution in [2.75, 3.05) is 20.3 Å². The Morgan fingerprint density at radius 1 is 1.15 bits per heavy atom. The van der Waals surface area contributed by atoms with Crippen molar-refractivity contribution in [1.82, 2.24) is 0 Å². The highest BCUT2D eigenvalue weighted by Gasteiger charge is 2.25. The summed E-state index contributed by atoms with van der Waals surface area (Å²) < 4.78 is 15.7. The minimum absolute atomic E-state index is 0.0319. The molecule has 0 N–H and O–H groups in total. The fraction of sp³-hybridized carbons (Fsp3) is 0.278. The second-order valence-corrected chi connectivity index (χ2v) is 6.94. The highest BCUT2D eigenvalue weighted by molar-refractivity contribution is 9.10. The molecule has 0 spiro atoms. The van der Waals surface area contributed by atoms with E-state index in [2.05, 4.69) is 15.9 Å². The van der Waals surface area contributed by atoms with E-state index in [-0.39, 0.29) is 29.6 Å². The van der Waals surface area contributed by atoms with Crippen LogP contribution < -0.4 is 4.74 Å². The van der Waals surface area contributed by atoms with E-state index < -0.39 is 11.9 Å². The first-order valence-corrected chi connectivity index (χ1v) is 9.30.